The Morgan fingerprint density at radius 3 is 2.46 bits per heavy atom. The molecule has 0 aliphatic rings. The summed E-state index contributed by atoms with van der Waals surface area (Å²) in [6.07, 6.45) is -3.44. The summed E-state index contributed by atoms with van der Waals surface area (Å²) in [6.45, 7) is 0. The van der Waals surface area contributed by atoms with Gasteiger partial charge in [-0.05, 0) is 45.3 Å². The van der Waals surface area contributed by atoms with E-state index in [4.69, 9.17) is 4.89 Å². The van der Waals surface area contributed by atoms with Gasteiger partial charge in [-0.2, -0.15) is 20.5 Å². The Kier molecular flexibility index (Phi) is 7.31. The molecule has 9 heteroatoms. The van der Waals surface area contributed by atoms with Crippen molar-refractivity contribution in [3.05, 3.63) is 62.5 Å². The van der Waals surface area contributed by atoms with Gasteiger partial charge in [0.1, 0.15) is 5.75 Å². The van der Waals surface area contributed by atoms with Crippen LogP contribution >= 0.6 is 51.2 Å². The summed E-state index contributed by atoms with van der Waals surface area (Å²) in [5, 5.41) is 0. The fourth-order valence-corrected chi connectivity index (χ4v) is 4.54. The Morgan fingerprint density at radius 1 is 1.12 bits per heavy atom. The van der Waals surface area contributed by atoms with Crippen LogP contribution in [-0.4, -0.2) is 11.1 Å². The summed E-state index contributed by atoms with van der Waals surface area (Å²) < 4.78 is 42.0. The van der Waals surface area contributed by atoms with Crippen molar-refractivity contribution in [1.29, 1.82) is 0 Å². The molecule has 24 heavy (non-hydrogen) atoms. The third-order valence-corrected chi connectivity index (χ3v) is 6.35. The zero-order valence-corrected chi connectivity index (χ0v) is 17.0. The maximum Gasteiger partial charge on any atom is 0.442 e. The third kappa shape index (κ3) is 5.56. The average Bonchev–Trinajstić information content (AvgIpc) is 2.51. The molecule has 2 aromatic carbocycles. The van der Waals surface area contributed by atoms with Crippen LogP contribution < -0.4 is 4.52 Å². The van der Waals surface area contributed by atoms with Crippen molar-refractivity contribution in [2.75, 3.05) is 0 Å². The number of thioether (sulfide) groups is 1. The number of halogens is 4. The predicted octanol–water partition coefficient (Wildman–Crippen LogP) is 6.43. The van der Waals surface area contributed by atoms with Crippen LogP contribution in [0.2, 0.25) is 0 Å². The molecular formula is C15H13Br2F2O3PS. The normalized spacial score (nSPS) is 13.8. The molecule has 3 nitrogen and oxygen atoms in total. The topological polar surface area (TPSA) is 46.5 Å². The van der Waals surface area contributed by atoms with Crippen molar-refractivity contribution in [2.24, 2.45) is 0 Å². The molecule has 2 aromatic rings. The Labute approximate surface area is 159 Å². The molecule has 0 saturated heterocycles. The standard InChI is InChI=1S/C15H13Br2F2O3PS/c16-12-4-2-1-3-11(12)9-24-8-10-5-6-14(13(17)7-10)22-23(20,21)15(18)19/h1-7,15H,8-9H2,(H,20,21). The molecule has 1 unspecified atom stereocenters. The molecule has 0 spiro atoms. The number of benzene rings is 2. The summed E-state index contributed by atoms with van der Waals surface area (Å²) in [5.41, 5.74) is 2.12. The van der Waals surface area contributed by atoms with Crippen LogP contribution in [0.3, 0.4) is 0 Å². The second-order valence-electron chi connectivity index (χ2n) is 4.78. The fourth-order valence-electron chi connectivity index (χ4n) is 1.78. The molecular weight excluding hydrogens is 489 g/mol. The van der Waals surface area contributed by atoms with Gasteiger partial charge in [-0.25, -0.2) is 4.57 Å². The van der Waals surface area contributed by atoms with Crippen molar-refractivity contribution in [3.63, 3.8) is 0 Å². The van der Waals surface area contributed by atoms with E-state index in [0.717, 1.165) is 15.8 Å². The van der Waals surface area contributed by atoms with Crippen molar-refractivity contribution >= 4 is 51.2 Å². The van der Waals surface area contributed by atoms with Crippen LogP contribution in [0.5, 0.6) is 5.75 Å². The van der Waals surface area contributed by atoms with Gasteiger partial charge in [0, 0.05) is 16.0 Å². The molecule has 1 N–H and O–H groups in total. The Morgan fingerprint density at radius 2 is 1.83 bits per heavy atom. The van der Waals surface area contributed by atoms with E-state index in [9.17, 15) is 13.3 Å². The maximum atomic E-state index is 12.4. The van der Waals surface area contributed by atoms with Crippen LogP contribution in [0.15, 0.2) is 51.4 Å². The smallest absolute Gasteiger partial charge is 0.420 e. The van der Waals surface area contributed by atoms with E-state index >= 15 is 0 Å². The SMILES string of the molecule is O=P(O)(Oc1ccc(CSCc2ccccc2Br)cc1Br)C(F)F. The van der Waals surface area contributed by atoms with E-state index < -0.39 is 13.8 Å². The highest BCUT2D eigenvalue weighted by Gasteiger charge is 2.34. The quantitative estimate of drug-likeness (QED) is 0.444. The number of rotatable bonds is 7. The number of hydrogen-bond acceptors (Lipinski definition) is 3. The molecule has 2 rings (SSSR count). The Balaban J connectivity index is 1.97. The fraction of sp³-hybridized carbons (Fsp3) is 0.200. The molecule has 0 heterocycles. The minimum Gasteiger partial charge on any atom is -0.420 e. The second kappa shape index (κ2) is 8.81. The number of alkyl halides is 2. The lowest BCUT2D eigenvalue weighted by molar-refractivity contribution is 0.188. The lowest BCUT2D eigenvalue weighted by Gasteiger charge is -2.14. The highest BCUT2D eigenvalue weighted by molar-refractivity contribution is 9.10. The van der Waals surface area contributed by atoms with Gasteiger partial charge in [0.25, 0.3) is 0 Å². The molecule has 0 saturated carbocycles. The Hall–Kier alpha value is -0.400. The molecule has 0 aliphatic carbocycles. The summed E-state index contributed by atoms with van der Waals surface area (Å²) in [7, 11) is -4.97. The van der Waals surface area contributed by atoms with E-state index in [1.807, 2.05) is 24.3 Å². The average molecular weight is 502 g/mol. The first-order chi connectivity index (χ1) is 11.3. The molecule has 0 amide bonds. The van der Waals surface area contributed by atoms with Crippen molar-refractivity contribution in [2.45, 2.75) is 17.7 Å². The van der Waals surface area contributed by atoms with E-state index in [1.54, 1.807) is 23.9 Å². The van der Waals surface area contributed by atoms with Crippen LogP contribution in [0.25, 0.3) is 0 Å². The molecule has 0 bridgehead atoms. The van der Waals surface area contributed by atoms with Crippen LogP contribution in [0.1, 0.15) is 11.1 Å². The van der Waals surface area contributed by atoms with Gasteiger partial charge in [-0.1, -0.05) is 40.2 Å². The number of hydrogen-bond donors (Lipinski definition) is 1. The zero-order valence-electron chi connectivity index (χ0n) is 12.2. The monoisotopic (exact) mass is 500 g/mol. The van der Waals surface area contributed by atoms with E-state index in [1.165, 1.54) is 11.6 Å². The molecule has 1 atom stereocenters. The van der Waals surface area contributed by atoms with Gasteiger partial charge in [-0.3, -0.25) is 0 Å². The van der Waals surface area contributed by atoms with E-state index in [-0.39, 0.29) is 5.75 Å². The lowest BCUT2D eigenvalue weighted by Crippen LogP contribution is -2.01. The first-order valence-corrected chi connectivity index (χ1v) is 11.1. The summed E-state index contributed by atoms with van der Waals surface area (Å²) in [4.78, 5) is 9.09. The molecule has 0 aliphatic heterocycles. The van der Waals surface area contributed by atoms with Gasteiger partial charge in [0.15, 0.2) is 0 Å². The molecule has 0 aromatic heterocycles. The van der Waals surface area contributed by atoms with Gasteiger partial charge in [0.05, 0.1) is 4.47 Å². The van der Waals surface area contributed by atoms with Gasteiger partial charge in [-0.15, -0.1) is 0 Å². The highest BCUT2D eigenvalue weighted by Crippen LogP contribution is 2.50. The second-order valence-corrected chi connectivity index (χ2v) is 9.18. The van der Waals surface area contributed by atoms with E-state index in [2.05, 4.69) is 36.4 Å². The zero-order chi connectivity index (χ0) is 17.7. The van der Waals surface area contributed by atoms with Crippen molar-refractivity contribution < 1.29 is 22.8 Å². The summed E-state index contributed by atoms with van der Waals surface area (Å²) >= 11 is 8.36. The summed E-state index contributed by atoms with van der Waals surface area (Å²) in [5.74, 6) is 1.43. The Bertz CT molecular complexity index is 761. The van der Waals surface area contributed by atoms with Crippen molar-refractivity contribution in [1.82, 2.24) is 0 Å². The van der Waals surface area contributed by atoms with Crippen LogP contribution in [0, 0.1) is 0 Å². The van der Waals surface area contributed by atoms with Gasteiger partial charge < -0.3 is 9.42 Å². The van der Waals surface area contributed by atoms with Crippen molar-refractivity contribution in [3.8, 4) is 5.75 Å². The summed E-state index contributed by atoms with van der Waals surface area (Å²) in [6, 6.07) is 12.7. The third-order valence-electron chi connectivity index (χ3n) is 2.96. The van der Waals surface area contributed by atoms with Gasteiger partial charge in [0.2, 0.25) is 0 Å². The van der Waals surface area contributed by atoms with Gasteiger partial charge >= 0.3 is 13.8 Å². The van der Waals surface area contributed by atoms with Crippen LogP contribution in [0.4, 0.5) is 8.78 Å². The maximum absolute atomic E-state index is 12.4. The molecule has 0 fully saturated rings. The molecule has 130 valence electrons. The minimum atomic E-state index is -4.97. The molecule has 0 radical (unpaired) electrons. The van der Waals surface area contributed by atoms with E-state index in [0.29, 0.717) is 10.2 Å². The minimum absolute atomic E-state index is 0.0827. The first kappa shape index (κ1) is 19.9. The van der Waals surface area contributed by atoms with Crippen LogP contribution in [-0.2, 0) is 16.1 Å². The first-order valence-electron chi connectivity index (χ1n) is 6.69. The predicted molar refractivity (Wildman–Crippen MR) is 99.7 cm³/mol. The highest BCUT2D eigenvalue weighted by atomic mass is 79.9. The lowest BCUT2D eigenvalue weighted by atomic mass is 10.2. The largest absolute Gasteiger partial charge is 0.442 e.